The Labute approximate surface area is 160 Å². The topological polar surface area (TPSA) is 46.5 Å². The Morgan fingerprint density at radius 2 is 1.41 bits per heavy atom. The van der Waals surface area contributed by atoms with Gasteiger partial charge in [-0.05, 0) is 62.7 Å². The first-order valence-electron chi connectivity index (χ1n) is 8.42. The normalized spacial score (nSPS) is 29.2. The lowest BCUT2D eigenvalue weighted by molar-refractivity contribution is -0.134. The first-order chi connectivity index (χ1) is 10.6. The summed E-state index contributed by atoms with van der Waals surface area (Å²) in [4.78, 5) is 9.00. The summed E-state index contributed by atoms with van der Waals surface area (Å²) in [5, 5.41) is 7.42. The van der Waals surface area contributed by atoms with Crippen LogP contribution in [0.3, 0.4) is 0 Å². The zero-order valence-corrected chi connectivity index (χ0v) is 19.1. The van der Waals surface area contributed by atoms with Gasteiger partial charge in [0.05, 0.1) is 0 Å². The zero-order chi connectivity index (χ0) is 17.5. The van der Waals surface area contributed by atoms with Crippen molar-refractivity contribution in [1.82, 2.24) is 0 Å². The maximum absolute atomic E-state index is 9.00. The van der Waals surface area contributed by atoms with Crippen LogP contribution in [0.25, 0.3) is 0 Å². The fraction of sp³-hybridized carbons (Fsp3) is 0.941. The lowest BCUT2D eigenvalue weighted by Crippen LogP contribution is -2.15. The van der Waals surface area contributed by atoms with E-state index >= 15 is 0 Å². The molecule has 0 aromatic heterocycles. The molecule has 0 aliphatic heterocycles. The van der Waals surface area contributed by atoms with Crippen LogP contribution < -0.4 is 0 Å². The first-order valence-corrected chi connectivity index (χ1v) is 14.7. The van der Waals surface area contributed by atoms with Crippen LogP contribution in [-0.4, -0.2) is 24.8 Å². The van der Waals surface area contributed by atoms with Gasteiger partial charge in [-0.2, -0.15) is 0 Å². The quantitative estimate of drug-likeness (QED) is 0.393. The number of hydrogen-bond acceptors (Lipinski definition) is 2. The van der Waals surface area contributed by atoms with Gasteiger partial charge in [0.25, 0.3) is 5.97 Å². The summed E-state index contributed by atoms with van der Waals surface area (Å²) in [6, 6.07) is 0. The van der Waals surface area contributed by atoms with Gasteiger partial charge in [0.15, 0.2) is 0 Å². The Morgan fingerprint density at radius 1 is 1.09 bits per heavy atom. The molecule has 22 heavy (non-hydrogen) atoms. The second kappa shape index (κ2) is 16.7. The Kier molecular flexibility index (Phi) is 19.1. The molecule has 4 unspecified atom stereocenters. The van der Waals surface area contributed by atoms with E-state index in [1.807, 2.05) is 20.8 Å². The molecule has 5 heteroatoms. The van der Waals surface area contributed by atoms with Crippen molar-refractivity contribution in [3.8, 4) is 0 Å². The molecule has 0 heterocycles. The summed E-state index contributed by atoms with van der Waals surface area (Å²) in [5.74, 6) is 3.97. The average molecular weight is 540 g/mol. The van der Waals surface area contributed by atoms with Crippen molar-refractivity contribution in [1.29, 1.82) is 0 Å². The highest BCUT2D eigenvalue weighted by Gasteiger charge is 2.48. The van der Waals surface area contributed by atoms with E-state index in [0.717, 1.165) is 13.5 Å². The number of methoxy groups -OCH3 is 1. The molecule has 0 radical (unpaired) electrons. The number of halogens is 2. The lowest BCUT2D eigenvalue weighted by Gasteiger charge is -2.23. The van der Waals surface area contributed by atoms with Gasteiger partial charge in [0.2, 0.25) is 0 Å². The van der Waals surface area contributed by atoms with E-state index in [1.165, 1.54) is 23.7 Å². The molecule has 4 atom stereocenters. The number of hydrogen-bond donors (Lipinski definition) is 1. The fourth-order valence-corrected chi connectivity index (χ4v) is 4.02. The fourth-order valence-electron chi connectivity index (χ4n) is 4.02. The minimum Gasteiger partial charge on any atom is -0.481 e. The molecule has 2 bridgehead atoms. The van der Waals surface area contributed by atoms with Gasteiger partial charge < -0.3 is 9.84 Å². The van der Waals surface area contributed by atoms with E-state index in [4.69, 9.17) is 9.90 Å². The molecule has 3 fully saturated rings. The molecule has 0 saturated heterocycles. The molecule has 0 aromatic rings. The third-order valence-corrected chi connectivity index (χ3v) is 4.64. The number of fused-ring (bicyclic) bond motifs is 5. The smallest absolute Gasteiger partial charge is 0.300 e. The monoisotopic (exact) mass is 540 g/mol. The van der Waals surface area contributed by atoms with Crippen molar-refractivity contribution in [3.05, 3.63) is 0 Å². The van der Waals surface area contributed by atoms with Crippen molar-refractivity contribution in [3.63, 3.8) is 0 Å². The molecule has 3 aliphatic carbocycles. The third kappa shape index (κ3) is 9.90. The standard InChI is InChI=1S/C10H16.C3H8O.C2H4O2.C2H6.I2/c1-2-9-7-4-5-8(6-7)10(9)3-1;1-3-4-2;1-2(3)4;2*1-2/h7-10H,1-6H2;3H2,1-2H3;1H3,(H,3,4);1-2H3;. The van der Waals surface area contributed by atoms with Crippen LogP contribution in [0.2, 0.25) is 0 Å². The number of aliphatic carboxylic acids is 1. The Bertz CT molecular complexity index is 240. The van der Waals surface area contributed by atoms with E-state index in [0.29, 0.717) is 0 Å². The number of ether oxygens (including phenoxy) is 1. The van der Waals surface area contributed by atoms with Crippen molar-refractivity contribution in [2.45, 2.75) is 66.2 Å². The molecular formula is C17H34I2O3. The van der Waals surface area contributed by atoms with Crippen molar-refractivity contribution < 1.29 is 14.6 Å². The van der Waals surface area contributed by atoms with Crippen LogP contribution in [-0.2, 0) is 9.53 Å². The van der Waals surface area contributed by atoms with Gasteiger partial charge in [0, 0.05) is 57.9 Å². The minimum atomic E-state index is -0.833. The Morgan fingerprint density at radius 3 is 1.68 bits per heavy atom. The van der Waals surface area contributed by atoms with Crippen LogP contribution >= 0.6 is 37.2 Å². The Balaban J connectivity index is 0. The second-order valence-electron chi connectivity index (χ2n) is 5.69. The van der Waals surface area contributed by atoms with Gasteiger partial charge in [-0.1, -0.05) is 20.3 Å². The molecule has 3 nitrogen and oxygen atoms in total. The maximum atomic E-state index is 9.00. The van der Waals surface area contributed by atoms with E-state index in [9.17, 15) is 0 Å². The molecule has 3 rings (SSSR count). The highest BCUT2D eigenvalue weighted by atomic mass is 128. The molecule has 3 aliphatic rings. The van der Waals surface area contributed by atoms with Gasteiger partial charge in [-0.25, -0.2) is 0 Å². The molecular weight excluding hydrogens is 506 g/mol. The number of carbonyl (C=O) groups is 1. The average Bonchev–Trinajstić information content (AvgIpc) is 3.25. The van der Waals surface area contributed by atoms with Crippen molar-refractivity contribution in [2.75, 3.05) is 13.7 Å². The predicted octanol–water partition coefficient (Wildman–Crippen LogP) is 6.37. The van der Waals surface area contributed by atoms with Crippen molar-refractivity contribution in [2.24, 2.45) is 23.7 Å². The van der Waals surface area contributed by atoms with Crippen LogP contribution in [0, 0.1) is 23.7 Å². The van der Waals surface area contributed by atoms with Crippen LogP contribution in [0.15, 0.2) is 0 Å². The van der Waals surface area contributed by atoms with Crippen molar-refractivity contribution >= 4 is 43.2 Å². The zero-order valence-electron chi connectivity index (χ0n) is 14.8. The van der Waals surface area contributed by atoms with Gasteiger partial charge in [0.1, 0.15) is 0 Å². The molecule has 134 valence electrons. The van der Waals surface area contributed by atoms with Gasteiger partial charge >= 0.3 is 0 Å². The highest BCUT2D eigenvalue weighted by Crippen LogP contribution is 2.58. The molecule has 1 N–H and O–H groups in total. The second-order valence-corrected chi connectivity index (χ2v) is 5.69. The van der Waals surface area contributed by atoms with Crippen LogP contribution in [0.5, 0.6) is 0 Å². The molecule has 0 amide bonds. The number of carboxylic acid groups (broad SMARTS) is 1. The summed E-state index contributed by atoms with van der Waals surface area (Å²) in [6.07, 6.45) is 9.53. The van der Waals surface area contributed by atoms with E-state index in [1.54, 1.807) is 45.6 Å². The van der Waals surface area contributed by atoms with E-state index < -0.39 is 5.97 Å². The highest BCUT2D eigenvalue weighted by molar-refractivity contribution is 15.0. The summed E-state index contributed by atoms with van der Waals surface area (Å²) in [7, 11) is 1.68. The molecule has 3 saturated carbocycles. The summed E-state index contributed by atoms with van der Waals surface area (Å²) in [5.41, 5.74) is 0. The molecule has 0 aromatic carbocycles. The van der Waals surface area contributed by atoms with Crippen LogP contribution in [0.4, 0.5) is 0 Å². The molecule has 0 spiro atoms. The number of rotatable bonds is 1. The SMILES string of the molecule is C1CC2C3CCC(C3)C2C1.CC.CC(=O)O.CCOC.II. The maximum Gasteiger partial charge on any atom is 0.300 e. The number of carboxylic acids is 1. The Hall–Kier alpha value is 0.890. The summed E-state index contributed by atoms with van der Waals surface area (Å²) >= 11 is 4.24. The van der Waals surface area contributed by atoms with Gasteiger partial charge in [-0.3, -0.25) is 4.79 Å². The minimum absolute atomic E-state index is 0.819. The largest absolute Gasteiger partial charge is 0.481 e. The third-order valence-electron chi connectivity index (χ3n) is 4.64. The predicted molar refractivity (Wildman–Crippen MR) is 112 cm³/mol. The van der Waals surface area contributed by atoms with Gasteiger partial charge in [-0.15, -0.1) is 0 Å². The van der Waals surface area contributed by atoms with E-state index in [2.05, 4.69) is 42.0 Å². The summed E-state index contributed by atoms with van der Waals surface area (Å²) < 4.78 is 4.54. The lowest BCUT2D eigenvalue weighted by atomic mass is 9.82. The first kappa shape index (κ1) is 25.1. The van der Waals surface area contributed by atoms with Crippen LogP contribution in [0.1, 0.15) is 66.2 Å². The van der Waals surface area contributed by atoms with E-state index in [-0.39, 0.29) is 0 Å². The summed E-state index contributed by atoms with van der Waals surface area (Å²) in [6.45, 7) is 7.86.